The van der Waals surface area contributed by atoms with Gasteiger partial charge in [0.1, 0.15) is 5.75 Å². The minimum absolute atomic E-state index is 0.0106. The molecule has 1 fully saturated rings. The van der Waals surface area contributed by atoms with E-state index in [-0.39, 0.29) is 35.3 Å². The second kappa shape index (κ2) is 8.26. The van der Waals surface area contributed by atoms with E-state index in [1.54, 1.807) is 36.4 Å². The summed E-state index contributed by atoms with van der Waals surface area (Å²) in [6, 6.07) is 13.9. The number of allylic oxidation sites excluding steroid dienone is 2. The van der Waals surface area contributed by atoms with Gasteiger partial charge in [-0.25, -0.2) is 0 Å². The van der Waals surface area contributed by atoms with Crippen LogP contribution in [0.25, 0.3) is 0 Å². The van der Waals surface area contributed by atoms with E-state index in [0.717, 1.165) is 18.4 Å². The highest BCUT2D eigenvalue weighted by Crippen LogP contribution is 2.44. The lowest BCUT2D eigenvalue weighted by Crippen LogP contribution is -2.24. The quantitative estimate of drug-likeness (QED) is 0.203. The van der Waals surface area contributed by atoms with Crippen LogP contribution in [0.15, 0.2) is 60.7 Å². The van der Waals surface area contributed by atoms with Crippen molar-refractivity contribution in [3.05, 3.63) is 77.4 Å². The second-order valence-electron chi connectivity index (χ2n) is 9.68. The third-order valence-corrected chi connectivity index (χ3v) is 6.37. The standard InChI is InChI=1S/C27H28O4/c1-27(2,3)21-10-6-18(7-11-21)24(28)16-25(29)19-8-12-22(13-9-19)31-26(30)23-15-17-4-5-20(23)14-17/h4-13,17,20,23H,14-16H2,1-3H3. The number of hydrogen-bond donors (Lipinski definition) is 0. The molecule has 4 nitrogen and oxygen atoms in total. The molecule has 2 aliphatic carbocycles. The fourth-order valence-electron chi connectivity index (χ4n) is 4.46. The van der Waals surface area contributed by atoms with Crippen molar-refractivity contribution in [2.24, 2.45) is 17.8 Å². The normalized spacial score (nSPS) is 21.8. The molecule has 4 rings (SSSR count). The van der Waals surface area contributed by atoms with Gasteiger partial charge < -0.3 is 4.74 Å². The Bertz CT molecular complexity index is 1020. The number of rotatable bonds is 6. The van der Waals surface area contributed by atoms with Crippen LogP contribution >= 0.6 is 0 Å². The van der Waals surface area contributed by atoms with Crippen molar-refractivity contribution < 1.29 is 19.1 Å². The average molecular weight is 417 g/mol. The van der Waals surface area contributed by atoms with Crippen molar-refractivity contribution >= 4 is 17.5 Å². The highest BCUT2D eigenvalue weighted by molar-refractivity contribution is 6.13. The van der Waals surface area contributed by atoms with E-state index in [1.807, 2.05) is 12.1 Å². The summed E-state index contributed by atoms with van der Waals surface area (Å²) in [5.74, 6) is 0.499. The maximum absolute atomic E-state index is 12.5. The molecule has 0 saturated heterocycles. The van der Waals surface area contributed by atoms with Crippen LogP contribution in [0.1, 0.15) is 66.3 Å². The Morgan fingerprint density at radius 3 is 1.90 bits per heavy atom. The molecule has 3 atom stereocenters. The van der Waals surface area contributed by atoms with Gasteiger partial charge in [-0.2, -0.15) is 0 Å². The Balaban J connectivity index is 1.34. The molecule has 0 radical (unpaired) electrons. The molecule has 0 aromatic heterocycles. The third-order valence-electron chi connectivity index (χ3n) is 6.37. The molecule has 4 heteroatoms. The Labute approximate surface area is 183 Å². The minimum Gasteiger partial charge on any atom is -0.426 e. The predicted octanol–water partition coefficient (Wildman–Crippen LogP) is 5.56. The van der Waals surface area contributed by atoms with Crippen molar-refractivity contribution in [2.45, 2.75) is 45.4 Å². The SMILES string of the molecule is CC(C)(C)c1ccc(C(=O)CC(=O)c2ccc(OC(=O)C3CC4C=CC3C4)cc2)cc1. The van der Waals surface area contributed by atoms with Crippen LogP contribution in [0.2, 0.25) is 0 Å². The maximum atomic E-state index is 12.5. The minimum atomic E-state index is -0.249. The zero-order valence-electron chi connectivity index (χ0n) is 18.3. The van der Waals surface area contributed by atoms with Crippen molar-refractivity contribution in [2.75, 3.05) is 0 Å². The number of fused-ring (bicyclic) bond motifs is 2. The summed E-state index contributed by atoms with van der Waals surface area (Å²) in [4.78, 5) is 37.5. The van der Waals surface area contributed by atoms with Gasteiger partial charge in [-0.15, -0.1) is 0 Å². The summed E-state index contributed by atoms with van der Waals surface area (Å²) >= 11 is 0. The van der Waals surface area contributed by atoms with E-state index in [9.17, 15) is 14.4 Å². The maximum Gasteiger partial charge on any atom is 0.314 e. The number of benzene rings is 2. The van der Waals surface area contributed by atoms with E-state index < -0.39 is 0 Å². The predicted molar refractivity (Wildman–Crippen MR) is 119 cm³/mol. The molecule has 1 saturated carbocycles. The summed E-state index contributed by atoms with van der Waals surface area (Å²) in [5, 5.41) is 0. The van der Waals surface area contributed by atoms with Crippen LogP contribution in [0.5, 0.6) is 5.75 Å². The molecule has 0 N–H and O–H groups in total. The van der Waals surface area contributed by atoms with Crippen molar-refractivity contribution in [1.82, 2.24) is 0 Å². The number of ketones is 2. The topological polar surface area (TPSA) is 60.4 Å². The fraction of sp³-hybridized carbons (Fsp3) is 0.370. The van der Waals surface area contributed by atoms with Crippen LogP contribution in [-0.2, 0) is 10.2 Å². The Kier molecular flexibility index (Phi) is 5.65. The lowest BCUT2D eigenvalue weighted by Gasteiger charge is -2.18. The second-order valence-corrected chi connectivity index (χ2v) is 9.68. The first-order valence-electron chi connectivity index (χ1n) is 10.9. The molecule has 3 unspecified atom stereocenters. The average Bonchev–Trinajstić information content (AvgIpc) is 3.37. The van der Waals surface area contributed by atoms with Gasteiger partial charge in [0.25, 0.3) is 0 Å². The monoisotopic (exact) mass is 416 g/mol. The van der Waals surface area contributed by atoms with E-state index in [1.165, 1.54) is 0 Å². The van der Waals surface area contributed by atoms with Crippen molar-refractivity contribution in [3.8, 4) is 5.75 Å². The number of hydrogen-bond acceptors (Lipinski definition) is 4. The van der Waals surface area contributed by atoms with Gasteiger partial charge in [-0.1, -0.05) is 57.2 Å². The number of esters is 1. The van der Waals surface area contributed by atoms with E-state index in [0.29, 0.717) is 28.7 Å². The van der Waals surface area contributed by atoms with E-state index in [4.69, 9.17) is 4.74 Å². The first-order valence-corrected chi connectivity index (χ1v) is 10.9. The van der Waals surface area contributed by atoms with Crippen molar-refractivity contribution in [1.29, 1.82) is 0 Å². The molecule has 31 heavy (non-hydrogen) atoms. The third kappa shape index (κ3) is 4.68. The molecule has 0 amide bonds. The highest BCUT2D eigenvalue weighted by atomic mass is 16.5. The summed E-state index contributed by atoms with van der Waals surface area (Å²) in [6.07, 6.45) is 6.02. The van der Waals surface area contributed by atoms with Gasteiger partial charge in [0, 0.05) is 11.1 Å². The fourth-order valence-corrected chi connectivity index (χ4v) is 4.46. The van der Waals surface area contributed by atoms with Gasteiger partial charge in [0.15, 0.2) is 11.6 Å². The van der Waals surface area contributed by atoms with Gasteiger partial charge in [0.05, 0.1) is 12.3 Å². The van der Waals surface area contributed by atoms with Crippen LogP contribution in [0.3, 0.4) is 0 Å². The lowest BCUT2D eigenvalue weighted by atomic mass is 9.86. The number of carbonyl (C=O) groups excluding carboxylic acids is 3. The van der Waals surface area contributed by atoms with Gasteiger partial charge in [-0.3, -0.25) is 14.4 Å². The number of ether oxygens (including phenoxy) is 1. The molecule has 0 aliphatic heterocycles. The molecular weight excluding hydrogens is 388 g/mol. The van der Waals surface area contributed by atoms with E-state index in [2.05, 4.69) is 32.9 Å². The molecule has 0 heterocycles. The van der Waals surface area contributed by atoms with E-state index >= 15 is 0 Å². The number of carbonyl (C=O) groups is 3. The Morgan fingerprint density at radius 1 is 0.839 bits per heavy atom. The first-order chi connectivity index (χ1) is 14.7. The molecule has 2 aromatic rings. The molecular formula is C27H28O4. The van der Waals surface area contributed by atoms with Crippen LogP contribution in [0.4, 0.5) is 0 Å². The molecule has 2 aliphatic rings. The first kappa shape index (κ1) is 21.2. The van der Waals surface area contributed by atoms with Gasteiger partial charge in [-0.05, 0) is 59.9 Å². The molecule has 0 spiro atoms. The molecule has 2 aromatic carbocycles. The largest absolute Gasteiger partial charge is 0.426 e. The summed E-state index contributed by atoms with van der Waals surface area (Å²) in [5.41, 5.74) is 2.12. The Morgan fingerprint density at radius 2 is 1.42 bits per heavy atom. The van der Waals surface area contributed by atoms with Gasteiger partial charge >= 0.3 is 5.97 Å². The summed E-state index contributed by atoms with van der Waals surface area (Å²) in [7, 11) is 0. The van der Waals surface area contributed by atoms with Crippen molar-refractivity contribution in [3.63, 3.8) is 0 Å². The van der Waals surface area contributed by atoms with Gasteiger partial charge in [0.2, 0.25) is 0 Å². The zero-order chi connectivity index (χ0) is 22.2. The summed E-state index contributed by atoms with van der Waals surface area (Å²) in [6.45, 7) is 6.34. The Hall–Kier alpha value is -3.01. The molecule has 160 valence electrons. The van der Waals surface area contributed by atoms with Crippen LogP contribution in [-0.4, -0.2) is 17.5 Å². The highest BCUT2D eigenvalue weighted by Gasteiger charge is 2.40. The smallest absolute Gasteiger partial charge is 0.314 e. The number of Topliss-reactive ketones (excluding diaryl/α,β-unsaturated/α-hetero) is 2. The lowest BCUT2D eigenvalue weighted by molar-refractivity contribution is -0.139. The van der Waals surface area contributed by atoms with Crippen LogP contribution < -0.4 is 4.74 Å². The zero-order valence-corrected chi connectivity index (χ0v) is 18.3. The molecule has 2 bridgehead atoms. The van der Waals surface area contributed by atoms with Crippen LogP contribution in [0, 0.1) is 17.8 Å². The summed E-state index contributed by atoms with van der Waals surface area (Å²) < 4.78 is 5.52.